The summed E-state index contributed by atoms with van der Waals surface area (Å²) < 4.78 is 0. The van der Waals surface area contributed by atoms with E-state index in [9.17, 15) is 9.90 Å². The number of carbonyl (C=O) groups is 1. The Hall–Kier alpha value is -1.48. The van der Waals surface area contributed by atoms with Crippen LogP contribution in [-0.2, 0) is 4.79 Å². The molecule has 0 aliphatic carbocycles. The third-order valence-electron chi connectivity index (χ3n) is 2.71. The molecule has 0 atom stereocenters. The van der Waals surface area contributed by atoms with Crippen molar-refractivity contribution >= 4 is 23.1 Å². The highest BCUT2D eigenvalue weighted by atomic mass is 35.5. The molecule has 1 N–H and O–H groups in total. The Labute approximate surface area is 98.9 Å². The number of carbonyl (C=O) groups excluding carboxylic acids is 1. The van der Waals surface area contributed by atoms with E-state index in [0.717, 1.165) is 5.56 Å². The third kappa shape index (κ3) is 1.67. The summed E-state index contributed by atoms with van der Waals surface area (Å²) in [5.74, 6) is -0.0549. The largest absolute Gasteiger partial charge is 0.510 e. The first-order valence-electron chi connectivity index (χ1n) is 4.95. The van der Waals surface area contributed by atoms with Gasteiger partial charge >= 0.3 is 0 Å². The molecule has 0 radical (unpaired) electrons. The van der Waals surface area contributed by atoms with Gasteiger partial charge in [-0.15, -0.1) is 0 Å². The molecule has 2 rings (SSSR count). The van der Waals surface area contributed by atoms with E-state index in [1.54, 1.807) is 19.2 Å². The maximum Gasteiger partial charge on any atom is 0.258 e. The van der Waals surface area contributed by atoms with Gasteiger partial charge < -0.3 is 10.0 Å². The lowest BCUT2D eigenvalue weighted by atomic mass is 10.0. The van der Waals surface area contributed by atoms with E-state index in [4.69, 9.17) is 11.6 Å². The molecule has 1 aromatic carbocycles. The second-order valence-corrected chi connectivity index (χ2v) is 4.38. The van der Waals surface area contributed by atoms with Gasteiger partial charge in [0.15, 0.2) is 0 Å². The van der Waals surface area contributed by atoms with Crippen molar-refractivity contribution in [2.75, 3.05) is 13.6 Å². The molecule has 1 aliphatic rings. The molecule has 16 heavy (non-hydrogen) atoms. The van der Waals surface area contributed by atoms with Gasteiger partial charge in [0.25, 0.3) is 5.91 Å². The van der Waals surface area contributed by atoms with E-state index in [-0.39, 0.29) is 18.2 Å². The first-order chi connectivity index (χ1) is 7.50. The zero-order valence-electron chi connectivity index (χ0n) is 9.12. The number of likely N-dealkylation sites (N-methyl/N-ethyl adjacent to an activating group) is 1. The van der Waals surface area contributed by atoms with Crippen LogP contribution in [0.25, 0.3) is 5.57 Å². The van der Waals surface area contributed by atoms with Crippen molar-refractivity contribution in [3.8, 4) is 0 Å². The first kappa shape index (κ1) is 11.0. The van der Waals surface area contributed by atoms with Crippen LogP contribution < -0.4 is 0 Å². The number of aryl methyl sites for hydroxylation is 1. The molecule has 4 heteroatoms. The number of hydrogen-bond donors (Lipinski definition) is 1. The lowest BCUT2D eigenvalue weighted by Crippen LogP contribution is -2.21. The van der Waals surface area contributed by atoms with Gasteiger partial charge in [-0.1, -0.05) is 17.7 Å². The summed E-state index contributed by atoms with van der Waals surface area (Å²) in [4.78, 5) is 13.3. The number of aliphatic hydroxyl groups is 1. The second kappa shape index (κ2) is 3.83. The Kier molecular flexibility index (Phi) is 2.64. The first-order valence-corrected chi connectivity index (χ1v) is 5.32. The molecule has 0 saturated heterocycles. The number of nitrogens with zero attached hydrogens (tertiary/aromatic N) is 1. The quantitative estimate of drug-likeness (QED) is 0.815. The molecule has 1 aromatic rings. The van der Waals surface area contributed by atoms with Crippen LogP contribution in [0, 0.1) is 6.92 Å². The molecule has 3 nitrogen and oxygen atoms in total. The normalized spacial score (nSPS) is 16.2. The average Bonchev–Trinajstić information content (AvgIpc) is 2.46. The van der Waals surface area contributed by atoms with Crippen molar-refractivity contribution in [3.05, 3.63) is 40.1 Å². The van der Waals surface area contributed by atoms with E-state index >= 15 is 0 Å². The van der Waals surface area contributed by atoms with Gasteiger partial charge in [-0.05, 0) is 30.2 Å². The van der Waals surface area contributed by atoms with Gasteiger partial charge in [-0.3, -0.25) is 4.79 Å². The molecule has 0 unspecified atom stereocenters. The Bertz CT molecular complexity index is 494. The summed E-state index contributed by atoms with van der Waals surface area (Å²) in [5.41, 5.74) is 2.00. The lowest BCUT2D eigenvalue weighted by Gasteiger charge is -2.09. The average molecular weight is 238 g/mol. The minimum absolute atomic E-state index is 0.109. The third-order valence-corrected chi connectivity index (χ3v) is 2.94. The Morgan fingerprint density at radius 3 is 2.69 bits per heavy atom. The van der Waals surface area contributed by atoms with E-state index in [2.05, 4.69) is 0 Å². The summed E-state index contributed by atoms with van der Waals surface area (Å²) in [5, 5.41) is 10.3. The number of hydrogen-bond acceptors (Lipinski definition) is 2. The zero-order valence-corrected chi connectivity index (χ0v) is 9.88. The molecule has 1 aliphatic heterocycles. The summed E-state index contributed by atoms with van der Waals surface area (Å²) in [6.45, 7) is 2.15. The fourth-order valence-electron chi connectivity index (χ4n) is 1.82. The number of halogens is 1. The molecule has 1 amide bonds. The maximum atomic E-state index is 11.8. The summed E-state index contributed by atoms with van der Waals surface area (Å²) >= 11 is 5.90. The van der Waals surface area contributed by atoms with E-state index < -0.39 is 0 Å². The number of amides is 1. The Morgan fingerprint density at radius 2 is 2.12 bits per heavy atom. The Morgan fingerprint density at radius 1 is 1.44 bits per heavy atom. The minimum Gasteiger partial charge on any atom is -0.510 e. The van der Waals surface area contributed by atoms with Crippen molar-refractivity contribution in [2.45, 2.75) is 6.92 Å². The Balaban J connectivity index is 2.57. The molecule has 0 fully saturated rings. The van der Waals surface area contributed by atoms with Gasteiger partial charge in [0.05, 0.1) is 12.1 Å². The number of aliphatic hydroxyl groups excluding tert-OH is 1. The number of benzene rings is 1. The van der Waals surface area contributed by atoms with Crippen molar-refractivity contribution in [2.24, 2.45) is 0 Å². The summed E-state index contributed by atoms with van der Waals surface area (Å²) in [6.07, 6.45) is 0. The fourth-order valence-corrected chi connectivity index (χ4v) is 2.00. The van der Waals surface area contributed by atoms with Gasteiger partial charge in [-0.25, -0.2) is 0 Å². The fraction of sp³-hybridized carbons (Fsp3) is 0.250. The van der Waals surface area contributed by atoms with Gasteiger partial charge in [0.1, 0.15) is 5.76 Å². The van der Waals surface area contributed by atoms with Crippen molar-refractivity contribution in [3.63, 3.8) is 0 Å². The van der Waals surface area contributed by atoms with E-state index in [1.807, 2.05) is 13.0 Å². The molecular weight excluding hydrogens is 226 g/mol. The highest BCUT2D eigenvalue weighted by molar-refractivity contribution is 6.31. The van der Waals surface area contributed by atoms with Crippen molar-refractivity contribution in [1.82, 2.24) is 4.90 Å². The van der Waals surface area contributed by atoms with Crippen LogP contribution in [0.1, 0.15) is 11.1 Å². The van der Waals surface area contributed by atoms with Crippen molar-refractivity contribution in [1.29, 1.82) is 0 Å². The van der Waals surface area contributed by atoms with Crippen LogP contribution in [0.15, 0.2) is 24.0 Å². The van der Waals surface area contributed by atoms with E-state index in [1.165, 1.54) is 4.90 Å². The monoisotopic (exact) mass is 237 g/mol. The molecule has 84 valence electrons. The minimum atomic E-state index is -0.164. The van der Waals surface area contributed by atoms with Crippen LogP contribution in [0.5, 0.6) is 0 Å². The SMILES string of the molecule is Cc1ccc(Cl)cc1C1=C(O)CN(C)C1=O. The van der Waals surface area contributed by atoms with Gasteiger partial charge in [0, 0.05) is 12.1 Å². The van der Waals surface area contributed by atoms with Crippen LogP contribution in [-0.4, -0.2) is 29.5 Å². The molecule has 0 bridgehead atoms. The predicted octanol–water partition coefficient (Wildman–Crippen LogP) is 2.39. The summed E-state index contributed by atoms with van der Waals surface area (Å²) in [7, 11) is 1.66. The highest BCUT2D eigenvalue weighted by Crippen LogP contribution is 2.29. The van der Waals surface area contributed by atoms with Crippen LogP contribution in [0.2, 0.25) is 5.02 Å². The van der Waals surface area contributed by atoms with Gasteiger partial charge in [-0.2, -0.15) is 0 Å². The zero-order chi connectivity index (χ0) is 11.9. The predicted molar refractivity (Wildman–Crippen MR) is 63.4 cm³/mol. The van der Waals surface area contributed by atoms with Crippen molar-refractivity contribution < 1.29 is 9.90 Å². The molecule has 0 spiro atoms. The van der Waals surface area contributed by atoms with Crippen LogP contribution in [0.3, 0.4) is 0 Å². The topological polar surface area (TPSA) is 40.5 Å². The molecule has 1 heterocycles. The molecule has 0 aromatic heterocycles. The summed E-state index contributed by atoms with van der Waals surface area (Å²) in [6, 6.07) is 5.31. The highest BCUT2D eigenvalue weighted by Gasteiger charge is 2.29. The van der Waals surface area contributed by atoms with Crippen LogP contribution >= 0.6 is 11.6 Å². The van der Waals surface area contributed by atoms with E-state index in [0.29, 0.717) is 16.2 Å². The molecule has 0 saturated carbocycles. The second-order valence-electron chi connectivity index (χ2n) is 3.94. The maximum absolute atomic E-state index is 11.8. The lowest BCUT2D eigenvalue weighted by molar-refractivity contribution is -0.122. The number of rotatable bonds is 1. The standard InChI is InChI=1S/C12H12ClNO2/c1-7-3-4-8(13)5-9(7)11-10(15)6-14(2)12(11)16/h3-5,15H,6H2,1-2H3. The van der Waals surface area contributed by atoms with Gasteiger partial charge in [0.2, 0.25) is 0 Å². The molecular formula is C12H12ClNO2. The van der Waals surface area contributed by atoms with Crippen LogP contribution in [0.4, 0.5) is 0 Å². The smallest absolute Gasteiger partial charge is 0.258 e.